The standard InChI is InChI=1S/C19H16F3N3O2/c1-2-3-12-8-14-15(6-4-11(9-23)17(14)19(20,21)22)25(12)10-13-5-7-16(27-13)18(24)26/h4-8H,2-3,10H2,1H3,(H2,24,26). The summed E-state index contributed by atoms with van der Waals surface area (Å²) in [5.41, 5.74) is 4.86. The Bertz CT molecular complexity index is 1050. The van der Waals surface area contributed by atoms with Crippen molar-refractivity contribution >= 4 is 16.8 Å². The minimum atomic E-state index is -4.65. The van der Waals surface area contributed by atoms with Gasteiger partial charge in [-0.2, -0.15) is 18.4 Å². The molecule has 0 aliphatic rings. The van der Waals surface area contributed by atoms with E-state index in [9.17, 15) is 18.0 Å². The van der Waals surface area contributed by atoms with Crippen molar-refractivity contribution < 1.29 is 22.4 Å². The molecule has 2 aromatic heterocycles. The van der Waals surface area contributed by atoms with Crippen molar-refractivity contribution in [3.05, 3.63) is 58.7 Å². The number of nitrogens with zero attached hydrogens (tertiary/aromatic N) is 2. The van der Waals surface area contributed by atoms with Crippen molar-refractivity contribution in [2.45, 2.75) is 32.5 Å². The molecule has 0 saturated carbocycles. The third kappa shape index (κ3) is 3.40. The number of amides is 1. The second-order valence-electron chi connectivity index (χ2n) is 6.13. The molecule has 0 atom stereocenters. The molecule has 0 saturated heterocycles. The number of primary amides is 1. The molecule has 2 N–H and O–H groups in total. The van der Waals surface area contributed by atoms with Crippen LogP contribution in [0, 0.1) is 11.3 Å². The number of benzene rings is 1. The van der Waals surface area contributed by atoms with Crippen LogP contribution in [0.2, 0.25) is 0 Å². The molecule has 27 heavy (non-hydrogen) atoms. The van der Waals surface area contributed by atoms with Crippen molar-refractivity contribution in [1.29, 1.82) is 5.26 Å². The highest BCUT2D eigenvalue weighted by atomic mass is 19.4. The summed E-state index contributed by atoms with van der Waals surface area (Å²) >= 11 is 0. The molecular formula is C19H16F3N3O2. The number of rotatable bonds is 5. The van der Waals surface area contributed by atoms with Crippen molar-refractivity contribution in [1.82, 2.24) is 4.57 Å². The van der Waals surface area contributed by atoms with Gasteiger partial charge in [0, 0.05) is 16.6 Å². The number of nitrogens with two attached hydrogens (primary N) is 1. The maximum atomic E-state index is 13.6. The Hall–Kier alpha value is -3.21. The summed E-state index contributed by atoms with van der Waals surface area (Å²) in [5, 5.41) is 9.07. The second kappa shape index (κ2) is 6.83. The van der Waals surface area contributed by atoms with Crippen molar-refractivity contribution in [3.63, 3.8) is 0 Å². The van der Waals surface area contributed by atoms with Crippen LogP contribution in [0.25, 0.3) is 10.9 Å². The number of nitriles is 1. The number of hydrogen-bond acceptors (Lipinski definition) is 3. The van der Waals surface area contributed by atoms with E-state index < -0.39 is 23.2 Å². The summed E-state index contributed by atoms with van der Waals surface area (Å²) in [6, 6.07) is 8.76. The molecule has 3 rings (SSSR count). The molecule has 3 aromatic rings. The molecular weight excluding hydrogens is 359 g/mol. The number of furan rings is 1. The zero-order chi connectivity index (χ0) is 19.8. The predicted molar refractivity (Wildman–Crippen MR) is 92.0 cm³/mol. The van der Waals surface area contributed by atoms with Gasteiger partial charge in [-0.3, -0.25) is 4.79 Å². The van der Waals surface area contributed by atoms with E-state index >= 15 is 0 Å². The van der Waals surface area contributed by atoms with Crippen molar-refractivity contribution in [2.75, 3.05) is 0 Å². The monoisotopic (exact) mass is 375 g/mol. The highest BCUT2D eigenvalue weighted by Gasteiger charge is 2.36. The summed E-state index contributed by atoms with van der Waals surface area (Å²) in [4.78, 5) is 11.2. The molecule has 0 bridgehead atoms. The molecule has 1 aromatic carbocycles. The SMILES string of the molecule is CCCc1cc2c(C(F)(F)F)c(C#N)ccc2n1Cc1ccc(C(N)=O)o1. The number of aromatic nitrogens is 1. The third-order valence-electron chi connectivity index (χ3n) is 4.30. The smallest absolute Gasteiger partial charge is 0.418 e. The van der Waals surface area contributed by atoms with Gasteiger partial charge in [-0.05, 0) is 36.8 Å². The highest BCUT2D eigenvalue weighted by molar-refractivity contribution is 5.90. The van der Waals surface area contributed by atoms with E-state index in [4.69, 9.17) is 15.4 Å². The van der Waals surface area contributed by atoms with Crippen LogP contribution < -0.4 is 5.73 Å². The average molecular weight is 375 g/mol. The Kier molecular flexibility index (Phi) is 4.70. The molecule has 0 aliphatic carbocycles. The van der Waals surface area contributed by atoms with Crippen LogP contribution in [-0.2, 0) is 19.1 Å². The highest BCUT2D eigenvalue weighted by Crippen LogP contribution is 2.39. The molecule has 0 aliphatic heterocycles. The number of hydrogen-bond donors (Lipinski definition) is 1. The lowest BCUT2D eigenvalue weighted by molar-refractivity contribution is -0.136. The fourth-order valence-electron chi connectivity index (χ4n) is 3.19. The number of halogens is 3. The maximum absolute atomic E-state index is 13.6. The first kappa shape index (κ1) is 18.6. The minimum absolute atomic E-state index is 0.0127. The molecule has 8 heteroatoms. The van der Waals surface area contributed by atoms with Crippen molar-refractivity contribution in [2.24, 2.45) is 5.73 Å². The molecule has 5 nitrogen and oxygen atoms in total. The zero-order valence-electron chi connectivity index (χ0n) is 14.4. The van der Waals surface area contributed by atoms with Gasteiger partial charge < -0.3 is 14.7 Å². The van der Waals surface area contributed by atoms with E-state index in [2.05, 4.69) is 0 Å². The lowest BCUT2D eigenvalue weighted by Crippen LogP contribution is -2.10. The van der Waals surface area contributed by atoms with E-state index in [1.54, 1.807) is 16.7 Å². The first-order chi connectivity index (χ1) is 12.8. The Morgan fingerprint density at radius 3 is 2.59 bits per heavy atom. The van der Waals surface area contributed by atoms with Gasteiger partial charge in [0.05, 0.1) is 23.7 Å². The van der Waals surface area contributed by atoms with Gasteiger partial charge in [-0.1, -0.05) is 13.3 Å². The number of carbonyl (C=O) groups is 1. The Labute approximate surface area is 152 Å². The van der Waals surface area contributed by atoms with Gasteiger partial charge in [0.25, 0.3) is 5.91 Å². The van der Waals surface area contributed by atoms with Gasteiger partial charge in [0.15, 0.2) is 5.76 Å². The summed E-state index contributed by atoms with van der Waals surface area (Å²) in [5.74, 6) is -0.330. The van der Waals surface area contributed by atoms with E-state index in [1.807, 2.05) is 6.92 Å². The molecule has 0 unspecified atom stereocenters. The first-order valence-corrected chi connectivity index (χ1v) is 8.27. The molecule has 1 amide bonds. The number of fused-ring (bicyclic) bond motifs is 1. The summed E-state index contributed by atoms with van der Waals surface area (Å²) in [6.07, 6.45) is -3.37. The number of carbonyl (C=O) groups excluding carboxylic acids is 1. The first-order valence-electron chi connectivity index (χ1n) is 8.27. The third-order valence-corrected chi connectivity index (χ3v) is 4.30. The van der Waals surface area contributed by atoms with E-state index in [0.29, 0.717) is 23.4 Å². The van der Waals surface area contributed by atoms with Crippen LogP contribution in [-0.4, -0.2) is 10.5 Å². The molecule has 0 spiro atoms. The van der Waals surface area contributed by atoms with Crippen LogP contribution in [0.1, 0.15) is 46.5 Å². The Morgan fingerprint density at radius 2 is 2.04 bits per heavy atom. The van der Waals surface area contributed by atoms with Crippen LogP contribution in [0.15, 0.2) is 34.7 Å². The number of aryl methyl sites for hydroxylation is 1. The van der Waals surface area contributed by atoms with Crippen LogP contribution in [0.5, 0.6) is 0 Å². The lowest BCUT2D eigenvalue weighted by atomic mass is 10.0. The normalized spacial score (nSPS) is 11.7. The predicted octanol–water partition coefficient (Wildman–Crippen LogP) is 4.22. The second-order valence-corrected chi connectivity index (χ2v) is 6.13. The van der Waals surface area contributed by atoms with Crippen LogP contribution >= 0.6 is 0 Å². The lowest BCUT2D eigenvalue weighted by Gasteiger charge is -2.12. The van der Waals surface area contributed by atoms with Gasteiger partial charge in [-0.15, -0.1) is 0 Å². The maximum Gasteiger partial charge on any atom is 0.418 e. The average Bonchev–Trinajstić information content (AvgIpc) is 3.19. The fraction of sp³-hybridized carbons (Fsp3) is 0.263. The van der Waals surface area contributed by atoms with E-state index in [1.165, 1.54) is 24.3 Å². The molecule has 2 heterocycles. The van der Waals surface area contributed by atoms with Gasteiger partial charge >= 0.3 is 6.18 Å². The van der Waals surface area contributed by atoms with E-state index in [0.717, 1.165) is 6.42 Å². The summed E-state index contributed by atoms with van der Waals surface area (Å²) in [6.45, 7) is 2.07. The molecule has 140 valence electrons. The summed E-state index contributed by atoms with van der Waals surface area (Å²) < 4.78 is 47.8. The van der Waals surface area contributed by atoms with Crippen molar-refractivity contribution in [3.8, 4) is 6.07 Å². The van der Waals surface area contributed by atoms with Gasteiger partial charge in [0.1, 0.15) is 5.76 Å². The molecule has 0 fully saturated rings. The fourth-order valence-corrected chi connectivity index (χ4v) is 3.19. The van der Waals surface area contributed by atoms with Gasteiger partial charge in [-0.25, -0.2) is 0 Å². The minimum Gasteiger partial charge on any atom is -0.454 e. The Morgan fingerprint density at radius 1 is 1.30 bits per heavy atom. The Balaban J connectivity index is 2.20. The quantitative estimate of drug-likeness (QED) is 0.724. The van der Waals surface area contributed by atoms with Crippen LogP contribution in [0.4, 0.5) is 13.2 Å². The molecule has 0 radical (unpaired) electrons. The topological polar surface area (TPSA) is 85.0 Å². The largest absolute Gasteiger partial charge is 0.454 e. The zero-order valence-corrected chi connectivity index (χ0v) is 14.4. The van der Waals surface area contributed by atoms with Gasteiger partial charge in [0.2, 0.25) is 0 Å². The summed E-state index contributed by atoms with van der Waals surface area (Å²) in [7, 11) is 0. The van der Waals surface area contributed by atoms with E-state index in [-0.39, 0.29) is 17.7 Å². The number of alkyl halides is 3. The van der Waals surface area contributed by atoms with Crippen LogP contribution in [0.3, 0.4) is 0 Å².